The smallest absolute Gasteiger partial charge is 0.0780 e. The average molecular weight is 480 g/mol. The molecule has 0 saturated heterocycles. The van der Waals surface area contributed by atoms with Crippen LogP contribution in [0.2, 0.25) is 0 Å². The SMILES string of the molecule is C[N+](C)(C)CCCCCCCCCCCCCCCCCCCCCCc1ccccc1.[Cl-]. The molecule has 0 unspecified atom stereocenters. The highest BCUT2D eigenvalue weighted by Crippen LogP contribution is 2.15. The van der Waals surface area contributed by atoms with Gasteiger partial charge in [0.1, 0.15) is 0 Å². The van der Waals surface area contributed by atoms with Crippen LogP contribution in [-0.4, -0.2) is 32.2 Å². The highest BCUT2D eigenvalue weighted by molar-refractivity contribution is 5.14. The molecule has 2 heteroatoms. The maximum absolute atomic E-state index is 2.30. The highest BCUT2D eigenvalue weighted by atomic mass is 35.5. The van der Waals surface area contributed by atoms with Crippen molar-refractivity contribution in [2.24, 2.45) is 0 Å². The van der Waals surface area contributed by atoms with Crippen LogP contribution in [0.3, 0.4) is 0 Å². The van der Waals surface area contributed by atoms with Crippen molar-refractivity contribution in [2.75, 3.05) is 27.7 Å². The first-order valence-electron chi connectivity index (χ1n) is 14.4. The molecule has 0 radical (unpaired) electrons. The Morgan fingerprint density at radius 3 is 1.06 bits per heavy atom. The second kappa shape index (κ2) is 23.2. The molecule has 1 rings (SSSR count). The summed E-state index contributed by atoms with van der Waals surface area (Å²) in [5.74, 6) is 0. The minimum absolute atomic E-state index is 0. The van der Waals surface area contributed by atoms with E-state index in [1.165, 1.54) is 147 Å². The quantitative estimate of drug-likeness (QED) is 0.120. The van der Waals surface area contributed by atoms with Crippen LogP contribution in [0.5, 0.6) is 0 Å². The van der Waals surface area contributed by atoms with Gasteiger partial charge in [-0.1, -0.05) is 139 Å². The predicted molar refractivity (Wildman–Crippen MR) is 145 cm³/mol. The van der Waals surface area contributed by atoms with Crippen molar-refractivity contribution in [3.63, 3.8) is 0 Å². The van der Waals surface area contributed by atoms with Crippen LogP contribution in [0.4, 0.5) is 0 Å². The van der Waals surface area contributed by atoms with Gasteiger partial charge in [-0.2, -0.15) is 0 Å². The number of quaternary nitrogens is 1. The van der Waals surface area contributed by atoms with Crippen LogP contribution in [-0.2, 0) is 6.42 Å². The van der Waals surface area contributed by atoms with Crippen molar-refractivity contribution < 1.29 is 16.9 Å². The molecule has 0 N–H and O–H groups in total. The summed E-state index contributed by atoms with van der Waals surface area (Å²) in [6.45, 7) is 1.33. The van der Waals surface area contributed by atoms with Gasteiger partial charge in [0.2, 0.25) is 0 Å². The maximum atomic E-state index is 2.30. The van der Waals surface area contributed by atoms with Gasteiger partial charge in [0, 0.05) is 0 Å². The zero-order chi connectivity index (χ0) is 23.2. The average Bonchev–Trinajstić information content (AvgIpc) is 2.77. The van der Waals surface area contributed by atoms with Gasteiger partial charge in [-0.05, 0) is 31.2 Å². The van der Waals surface area contributed by atoms with Crippen molar-refractivity contribution in [3.8, 4) is 0 Å². The molecule has 0 fully saturated rings. The molecular formula is C31H58ClN. The molecule has 0 aliphatic carbocycles. The Morgan fingerprint density at radius 1 is 0.424 bits per heavy atom. The fraction of sp³-hybridized carbons (Fsp3) is 0.806. The van der Waals surface area contributed by atoms with E-state index in [1.54, 1.807) is 0 Å². The molecule has 0 heterocycles. The number of unbranched alkanes of at least 4 members (excludes halogenated alkanes) is 19. The number of rotatable bonds is 23. The van der Waals surface area contributed by atoms with Gasteiger partial charge in [-0.25, -0.2) is 0 Å². The van der Waals surface area contributed by atoms with Gasteiger partial charge < -0.3 is 16.9 Å². The van der Waals surface area contributed by atoms with Gasteiger partial charge in [0.15, 0.2) is 0 Å². The summed E-state index contributed by atoms with van der Waals surface area (Å²) in [5.41, 5.74) is 1.50. The molecule has 0 bridgehead atoms. The predicted octanol–water partition coefficient (Wildman–Crippen LogP) is 6.74. The lowest BCUT2D eigenvalue weighted by Crippen LogP contribution is -3.00. The van der Waals surface area contributed by atoms with E-state index in [0.29, 0.717) is 0 Å². The summed E-state index contributed by atoms with van der Waals surface area (Å²) < 4.78 is 1.12. The van der Waals surface area contributed by atoms with Gasteiger partial charge in [0.05, 0.1) is 27.7 Å². The summed E-state index contributed by atoms with van der Waals surface area (Å²) in [6, 6.07) is 11.0. The molecule has 1 aromatic rings. The fourth-order valence-electron chi connectivity index (χ4n) is 4.74. The lowest BCUT2D eigenvalue weighted by molar-refractivity contribution is -0.870. The van der Waals surface area contributed by atoms with Crippen LogP contribution in [0.25, 0.3) is 0 Å². The highest BCUT2D eigenvalue weighted by Gasteiger charge is 2.05. The van der Waals surface area contributed by atoms with Crippen LogP contribution in [0.15, 0.2) is 30.3 Å². The maximum Gasteiger partial charge on any atom is 0.0780 e. The molecule has 1 nitrogen and oxygen atoms in total. The number of hydrogen-bond donors (Lipinski definition) is 0. The Hall–Kier alpha value is -0.530. The molecule has 0 aromatic heterocycles. The van der Waals surface area contributed by atoms with Gasteiger partial charge >= 0.3 is 0 Å². The van der Waals surface area contributed by atoms with E-state index in [9.17, 15) is 0 Å². The lowest BCUT2D eigenvalue weighted by Gasteiger charge is -2.23. The van der Waals surface area contributed by atoms with Crippen LogP contribution >= 0.6 is 0 Å². The molecule has 0 aliphatic rings. The fourth-order valence-corrected chi connectivity index (χ4v) is 4.74. The van der Waals surface area contributed by atoms with Crippen molar-refractivity contribution in [2.45, 2.75) is 135 Å². The second-order valence-corrected chi connectivity index (χ2v) is 11.3. The first-order valence-corrected chi connectivity index (χ1v) is 14.4. The molecule has 0 amide bonds. The third-order valence-electron chi connectivity index (χ3n) is 6.89. The Balaban J connectivity index is 0.0000102. The third-order valence-corrected chi connectivity index (χ3v) is 6.89. The monoisotopic (exact) mass is 479 g/mol. The van der Waals surface area contributed by atoms with Crippen molar-refractivity contribution in [3.05, 3.63) is 35.9 Å². The van der Waals surface area contributed by atoms with E-state index in [0.717, 1.165) is 4.48 Å². The molecule has 0 aliphatic heterocycles. The molecule has 33 heavy (non-hydrogen) atoms. The minimum Gasteiger partial charge on any atom is -1.00 e. The number of nitrogens with zero attached hydrogens (tertiary/aromatic N) is 1. The first kappa shape index (κ1) is 32.5. The van der Waals surface area contributed by atoms with Crippen molar-refractivity contribution in [1.29, 1.82) is 0 Å². The van der Waals surface area contributed by atoms with E-state index in [1.807, 2.05) is 0 Å². The van der Waals surface area contributed by atoms with Crippen molar-refractivity contribution >= 4 is 0 Å². The minimum atomic E-state index is 0. The van der Waals surface area contributed by atoms with Gasteiger partial charge in [0.25, 0.3) is 0 Å². The van der Waals surface area contributed by atoms with Crippen LogP contribution in [0.1, 0.15) is 134 Å². The zero-order valence-electron chi connectivity index (χ0n) is 22.8. The summed E-state index contributed by atoms with van der Waals surface area (Å²) in [4.78, 5) is 0. The third kappa shape index (κ3) is 24.4. The normalized spacial score (nSPS) is 11.5. The van der Waals surface area contributed by atoms with Gasteiger partial charge in [-0.15, -0.1) is 0 Å². The van der Waals surface area contributed by atoms with E-state index in [4.69, 9.17) is 0 Å². The Morgan fingerprint density at radius 2 is 0.727 bits per heavy atom. The van der Waals surface area contributed by atoms with Crippen LogP contribution < -0.4 is 12.4 Å². The number of hydrogen-bond acceptors (Lipinski definition) is 0. The van der Waals surface area contributed by atoms with E-state index in [-0.39, 0.29) is 12.4 Å². The lowest BCUT2D eigenvalue weighted by atomic mass is 10.0. The van der Waals surface area contributed by atoms with E-state index < -0.39 is 0 Å². The number of benzene rings is 1. The van der Waals surface area contributed by atoms with Crippen molar-refractivity contribution in [1.82, 2.24) is 0 Å². The molecule has 1 aromatic carbocycles. The Kier molecular flexibility index (Phi) is 22.9. The second-order valence-electron chi connectivity index (χ2n) is 11.3. The standard InChI is InChI=1S/C31H58N.ClH/c1-32(2,3)30-26-21-19-17-15-13-11-9-7-5-4-6-8-10-12-14-16-18-20-23-27-31-28-24-22-25-29-31;/h22,24-25,28-29H,4-21,23,26-27,30H2,1-3H3;1H/q+1;/p-1. The molecule has 194 valence electrons. The number of aryl methyl sites for hydroxylation is 1. The molecular weight excluding hydrogens is 422 g/mol. The summed E-state index contributed by atoms with van der Waals surface area (Å²) >= 11 is 0. The topological polar surface area (TPSA) is 0 Å². The molecule has 0 saturated carbocycles. The first-order chi connectivity index (χ1) is 15.6. The van der Waals surface area contributed by atoms with E-state index in [2.05, 4.69) is 51.5 Å². The largest absolute Gasteiger partial charge is 1.00 e. The molecule has 0 spiro atoms. The summed E-state index contributed by atoms with van der Waals surface area (Å²) in [6.07, 6.45) is 30.3. The summed E-state index contributed by atoms with van der Waals surface area (Å²) in [5, 5.41) is 0. The Bertz CT molecular complexity index is 493. The van der Waals surface area contributed by atoms with E-state index >= 15 is 0 Å². The Labute approximate surface area is 215 Å². The van der Waals surface area contributed by atoms with Gasteiger partial charge in [-0.3, -0.25) is 0 Å². The molecule has 0 atom stereocenters. The number of halogens is 1. The van der Waals surface area contributed by atoms with Crippen LogP contribution in [0, 0.1) is 0 Å². The zero-order valence-corrected chi connectivity index (χ0v) is 23.5. The summed E-state index contributed by atoms with van der Waals surface area (Å²) in [7, 11) is 6.91.